The van der Waals surface area contributed by atoms with Crippen molar-refractivity contribution >= 4 is 28.9 Å². The maximum atomic E-state index is 12.5. The second kappa shape index (κ2) is 8.78. The van der Waals surface area contributed by atoms with Crippen LogP contribution in [0.5, 0.6) is 0 Å². The third kappa shape index (κ3) is 5.63. The number of amides is 2. The lowest BCUT2D eigenvalue weighted by molar-refractivity contribution is -0.137. The summed E-state index contributed by atoms with van der Waals surface area (Å²) in [5.41, 5.74) is -0.417. The normalized spacial score (nSPS) is 12.3. The number of hydrogen-bond donors (Lipinski definition) is 3. The lowest BCUT2D eigenvalue weighted by Crippen LogP contribution is -2.50. The Balaban J connectivity index is 1.91. The van der Waals surface area contributed by atoms with E-state index in [0.29, 0.717) is 5.56 Å². The Morgan fingerprint density at radius 3 is 2.30 bits per heavy atom. The number of ketones is 1. The summed E-state index contributed by atoms with van der Waals surface area (Å²) in [5, 5.41) is 15.4. The highest BCUT2D eigenvalue weighted by Crippen LogP contribution is 2.29. The number of rotatable bonds is 7. The first-order valence-corrected chi connectivity index (χ1v) is 8.53. The summed E-state index contributed by atoms with van der Waals surface area (Å²) in [6.45, 7) is -0.857. The monoisotopic (exact) mass is 400 g/mol. The van der Waals surface area contributed by atoms with Crippen LogP contribution in [0.2, 0.25) is 0 Å². The van der Waals surface area contributed by atoms with Crippen molar-refractivity contribution in [3.63, 3.8) is 0 Å². The van der Waals surface area contributed by atoms with Gasteiger partial charge in [0.25, 0.3) is 11.7 Å². The van der Waals surface area contributed by atoms with Gasteiger partial charge in [0.15, 0.2) is 0 Å². The molecular weight excluding hydrogens is 385 g/mol. The van der Waals surface area contributed by atoms with Crippen molar-refractivity contribution in [3.05, 3.63) is 57.8 Å². The van der Waals surface area contributed by atoms with Gasteiger partial charge in [0.05, 0.1) is 17.0 Å². The first-order chi connectivity index (χ1) is 12.7. The molecule has 2 rings (SSSR count). The first kappa shape index (κ1) is 20.6. The van der Waals surface area contributed by atoms with Crippen molar-refractivity contribution < 1.29 is 32.7 Å². The van der Waals surface area contributed by atoms with E-state index in [2.05, 4.69) is 10.6 Å². The molecule has 6 nitrogen and oxygen atoms in total. The summed E-state index contributed by atoms with van der Waals surface area (Å²) < 4.78 is 37.5. The van der Waals surface area contributed by atoms with E-state index in [4.69, 9.17) is 0 Å². The molecule has 0 aliphatic rings. The highest BCUT2D eigenvalue weighted by molar-refractivity contribution is 7.13. The Morgan fingerprint density at radius 2 is 1.78 bits per heavy atom. The van der Waals surface area contributed by atoms with E-state index in [1.165, 1.54) is 18.2 Å². The van der Waals surface area contributed by atoms with Crippen LogP contribution in [-0.4, -0.2) is 35.4 Å². The molecule has 2 amide bonds. The highest BCUT2D eigenvalue weighted by atomic mass is 32.1. The molecule has 1 heterocycles. The summed E-state index contributed by atoms with van der Waals surface area (Å²) in [6, 6.07) is 5.84. The quantitative estimate of drug-likeness (QED) is 0.487. The predicted octanol–water partition coefficient (Wildman–Crippen LogP) is 1.74. The van der Waals surface area contributed by atoms with E-state index in [-0.39, 0.29) is 11.4 Å². The van der Waals surface area contributed by atoms with E-state index >= 15 is 0 Å². The van der Waals surface area contributed by atoms with Crippen LogP contribution < -0.4 is 10.6 Å². The summed E-state index contributed by atoms with van der Waals surface area (Å²) >= 11 is 1.06. The molecule has 0 unspecified atom stereocenters. The van der Waals surface area contributed by atoms with E-state index in [1.807, 2.05) is 0 Å². The van der Waals surface area contributed by atoms with Crippen LogP contribution in [0.3, 0.4) is 0 Å². The van der Waals surface area contributed by atoms with E-state index < -0.39 is 42.0 Å². The Labute approximate surface area is 156 Å². The van der Waals surface area contributed by atoms with Crippen LogP contribution in [0.1, 0.15) is 20.8 Å². The van der Waals surface area contributed by atoms with Gasteiger partial charge in [0.2, 0.25) is 5.91 Å². The van der Waals surface area contributed by atoms with Crippen LogP contribution in [0.4, 0.5) is 13.2 Å². The molecule has 0 spiro atoms. The highest BCUT2D eigenvalue weighted by Gasteiger charge is 2.30. The van der Waals surface area contributed by atoms with Crippen LogP contribution in [0, 0.1) is 0 Å². The molecule has 0 bridgehead atoms. The molecule has 2 aromatic rings. The minimum Gasteiger partial charge on any atom is -0.394 e. The second-order valence-electron chi connectivity index (χ2n) is 5.43. The predicted molar refractivity (Wildman–Crippen MR) is 91.0 cm³/mol. The van der Waals surface area contributed by atoms with Gasteiger partial charge in [-0.05, 0) is 29.1 Å². The topological polar surface area (TPSA) is 95.5 Å². The standard InChI is InChI=1S/C17H15F3N2O4S/c18-17(19,20)11-5-3-10(4-6-11)8-21-15(25)12(9-23)22-16(26)14(24)13-2-1-7-27-13/h1-7,12,23H,8-9H2,(H,21,25)(H,22,26)/t12-/m0/s1. The molecule has 0 aliphatic carbocycles. The molecule has 1 aromatic carbocycles. The molecular formula is C17H15F3N2O4S. The molecule has 0 saturated carbocycles. The second-order valence-corrected chi connectivity index (χ2v) is 6.38. The number of Topliss-reactive ketones (excluding diaryl/α,β-unsaturated/α-hetero) is 1. The summed E-state index contributed by atoms with van der Waals surface area (Å²) in [6.07, 6.45) is -4.46. The van der Waals surface area contributed by atoms with Gasteiger partial charge in [-0.3, -0.25) is 14.4 Å². The van der Waals surface area contributed by atoms with Crippen molar-refractivity contribution in [1.82, 2.24) is 10.6 Å². The Kier molecular flexibility index (Phi) is 6.70. The zero-order chi connectivity index (χ0) is 20.0. The average Bonchev–Trinajstić information content (AvgIpc) is 3.17. The number of hydrogen-bond acceptors (Lipinski definition) is 5. The number of aliphatic hydroxyl groups excluding tert-OH is 1. The van der Waals surface area contributed by atoms with Gasteiger partial charge in [-0.15, -0.1) is 11.3 Å². The Bertz CT molecular complexity index is 805. The van der Waals surface area contributed by atoms with Gasteiger partial charge >= 0.3 is 6.18 Å². The lowest BCUT2D eigenvalue weighted by atomic mass is 10.1. The number of thiophene rings is 1. The first-order valence-electron chi connectivity index (χ1n) is 7.65. The van der Waals surface area contributed by atoms with Gasteiger partial charge in [-0.1, -0.05) is 18.2 Å². The van der Waals surface area contributed by atoms with Crippen LogP contribution >= 0.6 is 11.3 Å². The van der Waals surface area contributed by atoms with Crippen molar-refractivity contribution in [2.45, 2.75) is 18.8 Å². The lowest BCUT2D eigenvalue weighted by Gasteiger charge is -2.16. The van der Waals surface area contributed by atoms with E-state index in [0.717, 1.165) is 23.5 Å². The fourth-order valence-corrected chi connectivity index (χ4v) is 2.72. The number of nitrogens with one attached hydrogen (secondary N) is 2. The summed E-state index contributed by atoms with van der Waals surface area (Å²) in [5.74, 6) is -2.65. The third-order valence-corrected chi connectivity index (χ3v) is 4.37. The Hall–Kier alpha value is -2.72. The molecule has 1 aromatic heterocycles. The molecule has 0 saturated heterocycles. The largest absolute Gasteiger partial charge is 0.416 e. The van der Waals surface area contributed by atoms with Crippen LogP contribution in [-0.2, 0) is 22.3 Å². The molecule has 1 atom stereocenters. The van der Waals surface area contributed by atoms with E-state index in [1.54, 1.807) is 11.4 Å². The average molecular weight is 400 g/mol. The Morgan fingerprint density at radius 1 is 1.11 bits per heavy atom. The fraction of sp³-hybridized carbons (Fsp3) is 0.235. The van der Waals surface area contributed by atoms with Crippen LogP contribution in [0.15, 0.2) is 41.8 Å². The molecule has 27 heavy (non-hydrogen) atoms. The number of carbonyl (C=O) groups excluding carboxylic acids is 3. The number of benzene rings is 1. The number of alkyl halides is 3. The van der Waals surface area contributed by atoms with Gasteiger partial charge in [0.1, 0.15) is 6.04 Å². The van der Waals surface area contributed by atoms with Gasteiger partial charge < -0.3 is 15.7 Å². The zero-order valence-corrected chi connectivity index (χ0v) is 14.6. The minimum atomic E-state index is -4.46. The fourth-order valence-electron chi connectivity index (χ4n) is 2.06. The minimum absolute atomic E-state index is 0.109. The van der Waals surface area contributed by atoms with Crippen LogP contribution in [0.25, 0.3) is 0 Å². The van der Waals surface area contributed by atoms with E-state index in [9.17, 15) is 32.7 Å². The molecule has 144 valence electrons. The zero-order valence-electron chi connectivity index (χ0n) is 13.7. The van der Waals surface area contributed by atoms with Crippen molar-refractivity contribution in [3.8, 4) is 0 Å². The van der Waals surface area contributed by atoms with Gasteiger partial charge in [-0.25, -0.2) is 0 Å². The maximum absolute atomic E-state index is 12.5. The molecule has 0 fully saturated rings. The van der Waals surface area contributed by atoms with Crippen molar-refractivity contribution in [2.24, 2.45) is 0 Å². The number of carbonyl (C=O) groups is 3. The third-order valence-electron chi connectivity index (χ3n) is 3.50. The van der Waals surface area contributed by atoms with Crippen molar-refractivity contribution in [1.29, 1.82) is 0 Å². The summed E-state index contributed by atoms with van der Waals surface area (Å²) in [4.78, 5) is 36.0. The molecule has 10 heteroatoms. The van der Waals surface area contributed by atoms with Crippen molar-refractivity contribution in [2.75, 3.05) is 6.61 Å². The summed E-state index contributed by atoms with van der Waals surface area (Å²) in [7, 11) is 0. The smallest absolute Gasteiger partial charge is 0.394 e. The molecule has 0 radical (unpaired) electrons. The molecule has 0 aliphatic heterocycles. The van der Waals surface area contributed by atoms with Gasteiger partial charge in [0, 0.05) is 6.54 Å². The number of aliphatic hydroxyl groups is 1. The molecule has 3 N–H and O–H groups in total. The maximum Gasteiger partial charge on any atom is 0.416 e. The number of halogens is 3. The SMILES string of the molecule is O=C(N[C@@H](CO)C(=O)NCc1ccc(C(F)(F)F)cc1)C(=O)c1cccs1. The van der Waals surface area contributed by atoms with Gasteiger partial charge in [-0.2, -0.15) is 13.2 Å².